The molecule has 21 heavy (non-hydrogen) atoms. The minimum atomic E-state index is -0.636. The predicted molar refractivity (Wildman–Crippen MR) is 85.2 cm³/mol. The molecule has 0 heterocycles. The molecule has 1 atom stereocenters. The standard InChI is InChI=1S/C17H20N2O2/c1-11-10-15(12(2)9-14(11)18)19-17(20)16(21-3)13-7-5-4-6-8-13/h4-10,16H,18H2,1-3H3,(H,19,20). The first-order chi connectivity index (χ1) is 10.0. The molecular formula is C17H20N2O2. The minimum absolute atomic E-state index is 0.198. The number of nitrogens with two attached hydrogens (primary N) is 1. The van der Waals surface area contributed by atoms with Gasteiger partial charge in [-0.15, -0.1) is 0 Å². The van der Waals surface area contributed by atoms with Gasteiger partial charge in [-0.1, -0.05) is 30.3 Å². The molecule has 0 fully saturated rings. The Balaban J connectivity index is 2.23. The highest BCUT2D eigenvalue weighted by molar-refractivity contribution is 5.95. The lowest BCUT2D eigenvalue weighted by atomic mass is 10.1. The number of ether oxygens (including phenoxy) is 1. The van der Waals surface area contributed by atoms with E-state index in [2.05, 4.69) is 5.32 Å². The Morgan fingerprint density at radius 3 is 2.43 bits per heavy atom. The van der Waals surface area contributed by atoms with Crippen molar-refractivity contribution >= 4 is 17.3 Å². The van der Waals surface area contributed by atoms with Crippen LogP contribution in [0.1, 0.15) is 22.8 Å². The van der Waals surface area contributed by atoms with Crippen molar-refractivity contribution in [2.75, 3.05) is 18.2 Å². The molecular weight excluding hydrogens is 264 g/mol. The van der Waals surface area contributed by atoms with Gasteiger partial charge in [0.05, 0.1) is 0 Å². The van der Waals surface area contributed by atoms with Crippen LogP contribution in [0.25, 0.3) is 0 Å². The highest BCUT2D eigenvalue weighted by Crippen LogP contribution is 2.24. The lowest BCUT2D eigenvalue weighted by molar-refractivity contribution is -0.126. The van der Waals surface area contributed by atoms with E-state index in [1.54, 1.807) is 0 Å². The molecule has 2 aromatic rings. The molecule has 0 bridgehead atoms. The first kappa shape index (κ1) is 15.1. The predicted octanol–water partition coefficient (Wildman–Crippen LogP) is 3.21. The van der Waals surface area contributed by atoms with Crippen LogP contribution in [0.4, 0.5) is 11.4 Å². The largest absolute Gasteiger partial charge is 0.399 e. The van der Waals surface area contributed by atoms with Crippen molar-refractivity contribution in [2.45, 2.75) is 20.0 Å². The lowest BCUT2D eigenvalue weighted by Gasteiger charge is -2.17. The summed E-state index contributed by atoms with van der Waals surface area (Å²) in [6, 6.07) is 13.1. The molecule has 0 spiro atoms. The molecule has 2 rings (SSSR count). The van der Waals surface area contributed by atoms with Crippen molar-refractivity contribution in [3.8, 4) is 0 Å². The topological polar surface area (TPSA) is 64.3 Å². The van der Waals surface area contributed by atoms with E-state index in [0.717, 1.165) is 28.1 Å². The molecule has 4 nitrogen and oxygen atoms in total. The number of nitrogens with one attached hydrogen (secondary N) is 1. The van der Waals surface area contributed by atoms with E-state index in [1.165, 1.54) is 7.11 Å². The average molecular weight is 284 g/mol. The first-order valence-corrected chi connectivity index (χ1v) is 6.78. The molecule has 1 unspecified atom stereocenters. The second-order valence-electron chi connectivity index (χ2n) is 5.04. The summed E-state index contributed by atoms with van der Waals surface area (Å²) in [5, 5.41) is 2.91. The number of rotatable bonds is 4. The van der Waals surface area contributed by atoms with Crippen LogP contribution in [-0.4, -0.2) is 13.0 Å². The summed E-state index contributed by atoms with van der Waals surface area (Å²) in [4.78, 5) is 12.4. The third-order valence-electron chi connectivity index (χ3n) is 3.45. The monoisotopic (exact) mass is 284 g/mol. The number of amides is 1. The van der Waals surface area contributed by atoms with Crippen LogP contribution < -0.4 is 11.1 Å². The molecule has 0 aliphatic heterocycles. The summed E-state index contributed by atoms with van der Waals surface area (Å²) in [5.41, 5.74) is 10.0. The fourth-order valence-electron chi connectivity index (χ4n) is 2.19. The van der Waals surface area contributed by atoms with Gasteiger partial charge in [0.25, 0.3) is 5.91 Å². The highest BCUT2D eigenvalue weighted by atomic mass is 16.5. The Bertz CT molecular complexity index is 639. The van der Waals surface area contributed by atoms with Crippen molar-refractivity contribution in [2.24, 2.45) is 0 Å². The number of nitrogen functional groups attached to an aromatic ring is 1. The minimum Gasteiger partial charge on any atom is -0.399 e. The number of hydrogen-bond acceptors (Lipinski definition) is 3. The van der Waals surface area contributed by atoms with E-state index in [0.29, 0.717) is 0 Å². The summed E-state index contributed by atoms with van der Waals surface area (Å²) >= 11 is 0. The van der Waals surface area contributed by atoms with Crippen molar-refractivity contribution < 1.29 is 9.53 Å². The van der Waals surface area contributed by atoms with Crippen molar-refractivity contribution in [3.05, 3.63) is 59.2 Å². The number of aryl methyl sites for hydroxylation is 2. The van der Waals surface area contributed by atoms with Gasteiger partial charge in [0.15, 0.2) is 6.10 Å². The van der Waals surface area contributed by atoms with E-state index in [1.807, 2.05) is 56.3 Å². The van der Waals surface area contributed by atoms with Crippen molar-refractivity contribution in [3.63, 3.8) is 0 Å². The third kappa shape index (κ3) is 3.41. The number of carbonyl (C=O) groups excluding carboxylic acids is 1. The van der Waals surface area contributed by atoms with E-state index in [-0.39, 0.29) is 5.91 Å². The van der Waals surface area contributed by atoms with E-state index >= 15 is 0 Å². The summed E-state index contributed by atoms with van der Waals surface area (Å²) in [6.45, 7) is 3.82. The SMILES string of the molecule is COC(C(=O)Nc1cc(C)c(N)cc1C)c1ccccc1. The van der Waals surface area contributed by atoms with Crippen LogP contribution in [0.2, 0.25) is 0 Å². The van der Waals surface area contributed by atoms with Gasteiger partial charge in [0.1, 0.15) is 0 Å². The van der Waals surface area contributed by atoms with Crippen LogP contribution >= 0.6 is 0 Å². The fraction of sp³-hybridized carbons (Fsp3) is 0.235. The maximum absolute atomic E-state index is 12.4. The Kier molecular flexibility index (Phi) is 4.60. The summed E-state index contributed by atoms with van der Waals surface area (Å²) in [5.74, 6) is -0.198. The van der Waals surface area contributed by atoms with Gasteiger partial charge in [0.2, 0.25) is 0 Å². The van der Waals surface area contributed by atoms with Crippen LogP contribution in [0.15, 0.2) is 42.5 Å². The molecule has 1 amide bonds. The smallest absolute Gasteiger partial charge is 0.258 e. The molecule has 2 aromatic carbocycles. The van der Waals surface area contributed by atoms with Crippen LogP contribution in [0.5, 0.6) is 0 Å². The van der Waals surface area contributed by atoms with Crippen molar-refractivity contribution in [1.82, 2.24) is 0 Å². The van der Waals surface area contributed by atoms with Gasteiger partial charge in [-0.25, -0.2) is 0 Å². The average Bonchev–Trinajstić information content (AvgIpc) is 2.46. The van der Waals surface area contributed by atoms with Gasteiger partial charge in [-0.2, -0.15) is 0 Å². The Morgan fingerprint density at radius 1 is 1.14 bits per heavy atom. The Morgan fingerprint density at radius 2 is 1.81 bits per heavy atom. The number of carbonyl (C=O) groups is 1. The van der Waals surface area contributed by atoms with E-state index in [4.69, 9.17) is 10.5 Å². The molecule has 0 saturated heterocycles. The normalized spacial score (nSPS) is 12.0. The van der Waals surface area contributed by atoms with Crippen LogP contribution in [0.3, 0.4) is 0 Å². The second-order valence-corrected chi connectivity index (χ2v) is 5.04. The van der Waals surface area contributed by atoms with E-state index < -0.39 is 6.10 Å². The molecule has 4 heteroatoms. The molecule has 0 aliphatic rings. The van der Waals surface area contributed by atoms with Gasteiger partial charge in [-0.05, 0) is 42.7 Å². The van der Waals surface area contributed by atoms with Crippen LogP contribution in [-0.2, 0) is 9.53 Å². The zero-order valence-corrected chi connectivity index (χ0v) is 12.5. The van der Waals surface area contributed by atoms with Gasteiger partial charge in [0, 0.05) is 18.5 Å². The fourth-order valence-corrected chi connectivity index (χ4v) is 2.19. The molecule has 0 aliphatic carbocycles. The molecule has 0 radical (unpaired) electrons. The first-order valence-electron chi connectivity index (χ1n) is 6.78. The Labute approximate surface area is 124 Å². The number of methoxy groups -OCH3 is 1. The third-order valence-corrected chi connectivity index (χ3v) is 3.45. The molecule has 110 valence electrons. The zero-order chi connectivity index (χ0) is 15.4. The van der Waals surface area contributed by atoms with Gasteiger partial charge >= 0.3 is 0 Å². The van der Waals surface area contributed by atoms with E-state index in [9.17, 15) is 4.79 Å². The van der Waals surface area contributed by atoms with Crippen molar-refractivity contribution in [1.29, 1.82) is 0 Å². The summed E-state index contributed by atoms with van der Waals surface area (Å²) < 4.78 is 5.33. The number of hydrogen-bond donors (Lipinski definition) is 2. The molecule has 0 aromatic heterocycles. The summed E-state index contributed by atoms with van der Waals surface area (Å²) in [6.07, 6.45) is -0.636. The summed E-state index contributed by atoms with van der Waals surface area (Å²) in [7, 11) is 1.53. The zero-order valence-electron chi connectivity index (χ0n) is 12.5. The number of benzene rings is 2. The number of anilines is 2. The lowest BCUT2D eigenvalue weighted by Crippen LogP contribution is -2.23. The Hall–Kier alpha value is -2.33. The second kappa shape index (κ2) is 6.41. The maximum Gasteiger partial charge on any atom is 0.258 e. The molecule has 3 N–H and O–H groups in total. The quantitative estimate of drug-likeness (QED) is 0.847. The van der Waals surface area contributed by atoms with Gasteiger partial charge in [-0.3, -0.25) is 4.79 Å². The van der Waals surface area contributed by atoms with Gasteiger partial charge < -0.3 is 15.8 Å². The van der Waals surface area contributed by atoms with Crippen LogP contribution in [0, 0.1) is 13.8 Å². The maximum atomic E-state index is 12.4. The molecule has 0 saturated carbocycles. The highest BCUT2D eigenvalue weighted by Gasteiger charge is 2.20.